The van der Waals surface area contributed by atoms with Gasteiger partial charge in [-0.1, -0.05) is 48.5 Å². The molecule has 5 aromatic rings. The Balaban J connectivity index is 0.907. The molecule has 9 rings (SSSR count). The van der Waals surface area contributed by atoms with Crippen molar-refractivity contribution in [3.05, 3.63) is 84.7 Å². The number of hydrogen-bond donors (Lipinski definition) is 3. The van der Waals surface area contributed by atoms with E-state index in [4.69, 9.17) is 9.72 Å². The maximum absolute atomic E-state index is 13.0. The highest BCUT2D eigenvalue weighted by atomic mass is 16.6. The number of rotatable bonds is 5. The summed E-state index contributed by atoms with van der Waals surface area (Å²) < 4.78 is 5.73. The molecule has 2 aliphatic heterocycles. The molecule has 48 heavy (non-hydrogen) atoms. The number of imidazole rings is 2. The van der Waals surface area contributed by atoms with E-state index in [-0.39, 0.29) is 30.3 Å². The largest absolute Gasteiger partial charge is 0.465 e. The van der Waals surface area contributed by atoms with Gasteiger partial charge in [-0.2, -0.15) is 0 Å². The van der Waals surface area contributed by atoms with E-state index in [1.165, 1.54) is 0 Å². The monoisotopic (exact) mass is 642 g/mol. The van der Waals surface area contributed by atoms with E-state index in [0.29, 0.717) is 11.8 Å². The van der Waals surface area contributed by atoms with Gasteiger partial charge < -0.3 is 19.8 Å². The number of nitrogens with one attached hydrogen (secondary N) is 2. The SMILES string of the molecule is CC(C)(C)OC(=O)N1[C@H](c2ncc(-c3ccc4cc(-c5ccc(-c6cnc([C@@H]7C[C@@H]8C[C@@H]8N7C(=O)O)[nH]6)cc5)ccc4c3)[nH]2)C[C@@H]2C[C@@H]21. The second-order valence-electron chi connectivity index (χ2n) is 14.9. The van der Waals surface area contributed by atoms with Crippen LogP contribution in [0.3, 0.4) is 0 Å². The molecule has 6 atom stereocenters. The molecule has 10 nitrogen and oxygen atoms in total. The summed E-state index contributed by atoms with van der Waals surface area (Å²) in [5.41, 5.74) is 5.57. The van der Waals surface area contributed by atoms with Gasteiger partial charge in [0, 0.05) is 17.6 Å². The summed E-state index contributed by atoms with van der Waals surface area (Å²) in [7, 11) is 0. The Kier molecular flexibility index (Phi) is 6.32. The van der Waals surface area contributed by atoms with E-state index in [2.05, 4.69) is 75.6 Å². The topological polar surface area (TPSA) is 127 Å². The second-order valence-corrected chi connectivity index (χ2v) is 14.9. The molecule has 0 unspecified atom stereocenters. The fourth-order valence-corrected chi connectivity index (χ4v) is 7.99. The minimum Gasteiger partial charge on any atom is -0.465 e. The van der Waals surface area contributed by atoms with Gasteiger partial charge in [0.1, 0.15) is 17.2 Å². The lowest BCUT2D eigenvalue weighted by Gasteiger charge is -2.29. The molecule has 10 heteroatoms. The van der Waals surface area contributed by atoms with Crippen LogP contribution in [-0.4, -0.2) is 64.7 Å². The van der Waals surface area contributed by atoms with Crippen molar-refractivity contribution in [3.8, 4) is 33.6 Å². The van der Waals surface area contributed by atoms with E-state index in [1.807, 2.05) is 31.9 Å². The maximum atomic E-state index is 13.0. The molecule has 0 bridgehead atoms. The number of ether oxygens (including phenoxy) is 1. The first-order valence-electron chi connectivity index (χ1n) is 16.9. The standard InChI is InChI=1S/C38H38N6O4/c1-38(2,3)48-37(47)44-31-15-27(31)17-33(44)35-40-19-29(42-35)25-11-10-23-12-22(8-9-24(23)13-25)20-4-6-21(7-5-20)28-18-39-34(41-28)32-16-26-14-30(26)43(32)36(45)46/h4-13,18-19,26-27,30-33H,14-17H2,1-3H3,(H,39,41)(H,40,42)(H,45,46)/t26-,27-,30-,31-,32-,33-/m0/s1. The number of aromatic amines is 2. The fourth-order valence-electron chi connectivity index (χ4n) is 7.99. The molecule has 2 aromatic heterocycles. The molecule has 3 N–H and O–H groups in total. The number of fused-ring (bicyclic) bond motifs is 3. The number of amides is 2. The van der Waals surface area contributed by atoms with Gasteiger partial charge in [-0.15, -0.1) is 0 Å². The highest BCUT2D eigenvalue weighted by Gasteiger charge is 2.57. The molecule has 4 fully saturated rings. The predicted molar refractivity (Wildman–Crippen MR) is 181 cm³/mol. The van der Waals surface area contributed by atoms with E-state index in [9.17, 15) is 14.7 Å². The lowest BCUT2D eigenvalue weighted by Crippen LogP contribution is -2.38. The number of H-pyrrole nitrogens is 2. The predicted octanol–water partition coefficient (Wildman–Crippen LogP) is 8.17. The zero-order chi connectivity index (χ0) is 32.9. The third-order valence-electron chi connectivity index (χ3n) is 10.5. The summed E-state index contributed by atoms with van der Waals surface area (Å²) in [6.45, 7) is 5.71. The second kappa shape index (κ2) is 10.4. The lowest BCUT2D eigenvalue weighted by atomic mass is 9.98. The number of carbonyl (C=O) groups is 2. The van der Waals surface area contributed by atoms with Gasteiger partial charge in [0.05, 0.1) is 35.9 Å². The molecular formula is C38H38N6O4. The smallest absolute Gasteiger partial charge is 0.411 e. The average molecular weight is 643 g/mol. The summed E-state index contributed by atoms with van der Waals surface area (Å²) >= 11 is 0. The Morgan fingerprint density at radius 2 is 1.21 bits per heavy atom. The number of nitrogens with zero attached hydrogens (tertiary/aromatic N) is 4. The number of carbonyl (C=O) groups excluding carboxylic acids is 1. The van der Waals surface area contributed by atoms with Crippen LogP contribution < -0.4 is 0 Å². The maximum Gasteiger partial charge on any atom is 0.411 e. The van der Waals surface area contributed by atoms with Gasteiger partial charge >= 0.3 is 12.2 Å². The Morgan fingerprint density at radius 3 is 1.81 bits per heavy atom. The van der Waals surface area contributed by atoms with Crippen molar-refractivity contribution in [2.45, 2.75) is 76.2 Å². The van der Waals surface area contributed by atoms with E-state index in [0.717, 1.165) is 81.7 Å². The van der Waals surface area contributed by atoms with Crippen LogP contribution in [0.1, 0.15) is 70.2 Å². The molecule has 0 radical (unpaired) electrons. The van der Waals surface area contributed by atoms with Crippen LogP contribution in [0.25, 0.3) is 44.4 Å². The summed E-state index contributed by atoms with van der Waals surface area (Å²) in [5.74, 6) is 2.53. The number of aromatic nitrogens is 4. The first-order valence-corrected chi connectivity index (χ1v) is 16.9. The van der Waals surface area contributed by atoms with E-state index < -0.39 is 11.7 Å². The van der Waals surface area contributed by atoms with Gasteiger partial charge in [-0.25, -0.2) is 19.6 Å². The zero-order valence-electron chi connectivity index (χ0n) is 27.2. The molecular weight excluding hydrogens is 604 g/mol. The average Bonchev–Trinajstić information content (AvgIpc) is 3.65. The third-order valence-corrected chi connectivity index (χ3v) is 10.5. The molecule has 2 saturated carbocycles. The number of carboxylic acid groups (broad SMARTS) is 1. The molecule has 2 amide bonds. The Labute approximate surface area is 278 Å². The van der Waals surface area contributed by atoms with E-state index in [1.54, 1.807) is 11.1 Å². The van der Waals surface area contributed by atoms with E-state index >= 15 is 0 Å². The molecule has 4 aliphatic rings. The van der Waals surface area contributed by atoms with Crippen molar-refractivity contribution in [1.29, 1.82) is 0 Å². The zero-order valence-corrected chi connectivity index (χ0v) is 27.2. The van der Waals surface area contributed by atoms with Crippen molar-refractivity contribution in [1.82, 2.24) is 29.7 Å². The van der Waals surface area contributed by atoms with Gasteiger partial charge in [-0.05, 0) is 97.9 Å². The number of likely N-dealkylation sites (tertiary alicyclic amines) is 2. The van der Waals surface area contributed by atoms with Gasteiger partial charge in [0.25, 0.3) is 0 Å². The third kappa shape index (κ3) is 5.01. The van der Waals surface area contributed by atoms with Crippen LogP contribution in [0.2, 0.25) is 0 Å². The molecule has 2 saturated heterocycles. The number of piperidine rings is 2. The summed E-state index contributed by atoms with van der Waals surface area (Å²) in [5, 5.41) is 12.0. The number of benzene rings is 3. The molecule has 2 aliphatic carbocycles. The van der Waals surface area contributed by atoms with Crippen LogP contribution in [-0.2, 0) is 4.74 Å². The van der Waals surface area contributed by atoms with Crippen molar-refractivity contribution in [2.75, 3.05) is 0 Å². The first-order chi connectivity index (χ1) is 23.1. The summed E-state index contributed by atoms with van der Waals surface area (Å²) in [4.78, 5) is 44.5. The Bertz CT molecular complexity index is 2080. The highest BCUT2D eigenvalue weighted by Crippen LogP contribution is 2.54. The number of hydrogen-bond acceptors (Lipinski definition) is 5. The van der Waals surface area contributed by atoms with Crippen LogP contribution >= 0.6 is 0 Å². The minimum atomic E-state index is -0.863. The highest BCUT2D eigenvalue weighted by molar-refractivity contribution is 5.90. The van der Waals surface area contributed by atoms with Gasteiger partial charge in [-0.3, -0.25) is 9.80 Å². The van der Waals surface area contributed by atoms with Crippen LogP contribution in [0.5, 0.6) is 0 Å². The minimum absolute atomic E-state index is 0.0952. The van der Waals surface area contributed by atoms with Crippen molar-refractivity contribution < 1.29 is 19.4 Å². The van der Waals surface area contributed by atoms with Crippen LogP contribution in [0.4, 0.5) is 9.59 Å². The molecule has 4 heterocycles. The van der Waals surface area contributed by atoms with Crippen molar-refractivity contribution in [3.63, 3.8) is 0 Å². The normalized spacial score (nSPS) is 25.6. The van der Waals surface area contributed by atoms with Crippen LogP contribution in [0, 0.1) is 11.8 Å². The molecule has 0 spiro atoms. The lowest BCUT2D eigenvalue weighted by molar-refractivity contribution is 0.0175. The Morgan fingerprint density at radius 1 is 0.708 bits per heavy atom. The first kappa shape index (κ1) is 29.1. The molecule has 244 valence electrons. The quantitative estimate of drug-likeness (QED) is 0.177. The van der Waals surface area contributed by atoms with Crippen molar-refractivity contribution in [2.24, 2.45) is 11.8 Å². The molecule has 3 aromatic carbocycles. The Hall–Kier alpha value is -5.12. The fraction of sp³-hybridized carbons (Fsp3) is 0.368. The summed E-state index contributed by atoms with van der Waals surface area (Å²) in [6, 6.07) is 21.4. The van der Waals surface area contributed by atoms with Gasteiger partial charge in [0.2, 0.25) is 0 Å². The van der Waals surface area contributed by atoms with Gasteiger partial charge in [0.15, 0.2) is 0 Å². The van der Waals surface area contributed by atoms with Crippen molar-refractivity contribution >= 4 is 23.0 Å². The van der Waals surface area contributed by atoms with Crippen LogP contribution in [0.15, 0.2) is 73.1 Å². The summed E-state index contributed by atoms with van der Waals surface area (Å²) in [6.07, 6.45) is 6.31.